The Labute approximate surface area is 145 Å². The molecule has 24 heavy (non-hydrogen) atoms. The first-order chi connectivity index (χ1) is 11.3. The Morgan fingerprint density at radius 3 is 2.08 bits per heavy atom. The molecule has 128 valence electrons. The molecule has 0 aromatic heterocycles. The van der Waals surface area contributed by atoms with Gasteiger partial charge in [0.2, 0.25) is 5.91 Å². The first-order valence-electron chi connectivity index (χ1n) is 8.16. The van der Waals surface area contributed by atoms with Crippen LogP contribution in [0.1, 0.15) is 16.7 Å². The minimum Gasteiger partial charge on any atom is -0.378 e. The number of anilines is 2. The van der Waals surface area contributed by atoms with Crippen LogP contribution in [-0.4, -0.2) is 38.5 Å². The molecule has 0 aliphatic heterocycles. The molecule has 2 rings (SSSR count). The van der Waals surface area contributed by atoms with Crippen molar-refractivity contribution in [2.75, 3.05) is 37.9 Å². The molecule has 1 amide bonds. The topological polar surface area (TPSA) is 35.6 Å². The lowest BCUT2D eigenvalue weighted by Gasteiger charge is -2.18. The highest BCUT2D eigenvalue weighted by molar-refractivity contribution is 5.92. The third kappa shape index (κ3) is 5.39. The van der Waals surface area contributed by atoms with E-state index in [1.54, 1.807) is 0 Å². The Hall–Kier alpha value is -2.33. The maximum atomic E-state index is 12.2. The number of carbonyl (C=O) groups excluding carboxylic acids is 1. The second-order valence-corrected chi connectivity index (χ2v) is 6.66. The lowest BCUT2D eigenvalue weighted by molar-refractivity contribution is -0.117. The first kappa shape index (κ1) is 18.0. The molecule has 0 atom stereocenters. The van der Waals surface area contributed by atoms with Crippen LogP contribution < -0.4 is 10.2 Å². The van der Waals surface area contributed by atoms with Gasteiger partial charge in [0, 0.05) is 32.0 Å². The Kier molecular flexibility index (Phi) is 5.99. The zero-order chi connectivity index (χ0) is 17.7. The van der Waals surface area contributed by atoms with E-state index < -0.39 is 0 Å². The normalized spacial score (nSPS) is 10.8. The van der Waals surface area contributed by atoms with Gasteiger partial charge < -0.3 is 10.2 Å². The third-order valence-electron chi connectivity index (χ3n) is 3.82. The number of rotatable bonds is 6. The average Bonchev–Trinajstić information content (AvgIpc) is 2.46. The molecular weight excluding hydrogens is 298 g/mol. The maximum Gasteiger partial charge on any atom is 0.238 e. The summed E-state index contributed by atoms with van der Waals surface area (Å²) < 4.78 is 0. The highest BCUT2D eigenvalue weighted by atomic mass is 16.2. The van der Waals surface area contributed by atoms with Crippen molar-refractivity contribution in [1.82, 2.24) is 4.90 Å². The van der Waals surface area contributed by atoms with Gasteiger partial charge in [-0.05, 0) is 61.9 Å². The molecule has 0 unspecified atom stereocenters. The predicted molar refractivity (Wildman–Crippen MR) is 102 cm³/mol. The van der Waals surface area contributed by atoms with E-state index in [2.05, 4.69) is 40.5 Å². The van der Waals surface area contributed by atoms with Crippen LogP contribution in [-0.2, 0) is 11.3 Å². The smallest absolute Gasteiger partial charge is 0.238 e. The van der Waals surface area contributed by atoms with Crippen molar-refractivity contribution in [3.8, 4) is 0 Å². The summed E-state index contributed by atoms with van der Waals surface area (Å²) in [6.45, 7) is 5.18. The molecule has 4 heteroatoms. The Morgan fingerprint density at radius 1 is 0.958 bits per heavy atom. The zero-order valence-electron chi connectivity index (χ0n) is 15.3. The van der Waals surface area contributed by atoms with Gasteiger partial charge in [-0.25, -0.2) is 0 Å². The minimum atomic E-state index is 0.00686. The summed E-state index contributed by atoms with van der Waals surface area (Å²) in [4.78, 5) is 16.3. The third-order valence-corrected chi connectivity index (χ3v) is 3.82. The molecule has 0 spiro atoms. The van der Waals surface area contributed by atoms with Gasteiger partial charge in [-0.2, -0.15) is 0 Å². The van der Waals surface area contributed by atoms with Gasteiger partial charge in [0.25, 0.3) is 0 Å². The molecule has 0 heterocycles. The summed E-state index contributed by atoms with van der Waals surface area (Å²) in [7, 11) is 6.01. The number of hydrogen-bond donors (Lipinski definition) is 1. The van der Waals surface area contributed by atoms with Crippen LogP contribution in [0.4, 0.5) is 11.4 Å². The Morgan fingerprint density at radius 2 is 1.54 bits per heavy atom. The van der Waals surface area contributed by atoms with Crippen LogP contribution in [0.2, 0.25) is 0 Å². The van der Waals surface area contributed by atoms with E-state index in [0.29, 0.717) is 6.54 Å². The van der Waals surface area contributed by atoms with E-state index in [1.807, 2.05) is 52.0 Å². The second kappa shape index (κ2) is 7.97. The predicted octanol–water partition coefficient (Wildman–Crippen LogP) is 3.44. The monoisotopic (exact) mass is 325 g/mol. The molecule has 0 bridgehead atoms. The quantitative estimate of drug-likeness (QED) is 0.884. The molecule has 2 aromatic carbocycles. The molecule has 0 aliphatic carbocycles. The largest absolute Gasteiger partial charge is 0.378 e. The number of carbonyl (C=O) groups is 1. The van der Waals surface area contributed by atoms with Crippen LogP contribution in [0.5, 0.6) is 0 Å². The fraction of sp³-hybridized carbons (Fsp3) is 0.350. The van der Waals surface area contributed by atoms with E-state index in [-0.39, 0.29) is 5.91 Å². The van der Waals surface area contributed by atoms with Gasteiger partial charge in [-0.1, -0.05) is 18.2 Å². The van der Waals surface area contributed by atoms with Gasteiger partial charge in [0.1, 0.15) is 0 Å². The Balaban J connectivity index is 1.89. The van der Waals surface area contributed by atoms with Gasteiger partial charge >= 0.3 is 0 Å². The molecule has 0 saturated carbocycles. The summed E-state index contributed by atoms with van der Waals surface area (Å²) in [5.41, 5.74) is 5.54. The van der Waals surface area contributed by atoms with Crippen LogP contribution in [0, 0.1) is 13.8 Å². The number of likely N-dealkylation sites (N-methyl/N-ethyl adjacent to an activating group) is 1. The van der Waals surface area contributed by atoms with Crippen LogP contribution in [0.15, 0.2) is 42.5 Å². The van der Waals surface area contributed by atoms with Crippen molar-refractivity contribution in [2.24, 2.45) is 0 Å². The molecule has 4 nitrogen and oxygen atoms in total. The first-order valence-corrected chi connectivity index (χ1v) is 8.16. The maximum absolute atomic E-state index is 12.2. The number of benzene rings is 2. The number of nitrogens with one attached hydrogen (secondary N) is 1. The highest BCUT2D eigenvalue weighted by Gasteiger charge is 2.08. The molecular formula is C20H27N3O. The SMILES string of the molecule is Cc1cc(C)cc(NC(=O)CN(C)Cc2ccc(N(C)C)cc2)c1. The molecule has 0 radical (unpaired) electrons. The van der Waals surface area contributed by atoms with Crippen molar-refractivity contribution in [1.29, 1.82) is 0 Å². The number of nitrogens with zero attached hydrogens (tertiary/aromatic N) is 2. The summed E-state index contributed by atoms with van der Waals surface area (Å²) in [5.74, 6) is 0.00686. The highest BCUT2D eigenvalue weighted by Crippen LogP contribution is 2.15. The van der Waals surface area contributed by atoms with Crippen molar-refractivity contribution in [2.45, 2.75) is 20.4 Å². The lowest BCUT2D eigenvalue weighted by atomic mass is 10.1. The van der Waals surface area contributed by atoms with Crippen LogP contribution >= 0.6 is 0 Å². The van der Waals surface area contributed by atoms with E-state index >= 15 is 0 Å². The lowest BCUT2D eigenvalue weighted by Crippen LogP contribution is -2.29. The molecule has 1 N–H and O–H groups in total. The summed E-state index contributed by atoms with van der Waals surface area (Å²) in [5, 5.41) is 2.98. The number of amides is 1. The van der Waals surface area contributed by atoms with E-state index in [1.165, 1.54) is 11.3 Å². The summed E-state index contributed by atoms with van der Waals surface area (Å²) >= 11 is 0. The molecule has 2 aromatic rings. The standard InChI is InChI=1S/C20H27N3O/c1-15-10-16(2)12-18(11-15)21-20(24)14-23(5)13-17-6-8-19(9-7-17)22(3)4/h6-12H,13-14H2,1-5H3,(H,21,24). The van der Waals surface area contributed by atoms with Gasteiger partial charge in [-0.15, -0.1) is 0 Å². The van der Waals surface area contributed by atoms with E-state index in [0.717, 1.165) is 23.4 Å². The Bertz CT molecular complexity index is 672. The second-order valence-electron chi connectivity index (χ2n) is 6.66. The van der Waals surface area contributed by atoms with Gasteiger partial charge in [0.05, 0.1) is 6.54 Å². The summed E-state index contributed by atoms with van der Waals surface area (Å²) in [6.07, 6.45) is 0. The van der Waals surface area contributed by atoms with Crippen molar-refractivity contribution >= 4 is 17.3 Å². The zero-order valence-corrected chi connectivity index (χ0v) is 15.3. The molecule has 0 fully saturated rings. The number of hydrogen-bond acceptors (Lipinski definition) is 3. The molecule has 0 saturated heterocycles. The molecule has 0 aliphatic rings. The summed E-state index contributed by atoms with van der Waals surface area (Å²) in [6, 6.07) is 14.5. The minimum absolute atomic E-state index is 0.00686. The van der Waals surface area contributed by atoms with Crippen LogP contribution in [0.25, 0.3) is 0 Å². The van der Waals surface area contributed by atoms with E-state index in [4.69, 9.17) is 0 Å². The van der Waals surface area contributed by atoms with Gasteiger partial charge in [0.15, 0.2) is 0 Å². The van der Waals surface area contributed by atoms with Crippen molar-refractivity contribution in [3.63, 3.8) is 0 Å². The number of aryl methyl sites for hydroxylation is 2. The van der Waals surface area contributed by atoms with Crippen LogP contribution in [0.3, 0.4) is 0 Å². The fourth-order valence-electron chi connectivity index (χ4n) is 2.76. The van der Waals surface area contributed by atoms with Crippen molar-refractivity contribution in [3.05, 3.63) is 59.2 Å². The van der Waals surface area contributed by atoms with Gasteiger partial charge in [-0.3, -0.25) is 9.69 Å². The fourth-order valence-corrected chi connectivity index (χ4v) is 2.76. The van der Waals surface area contributed by atoms with E-state index in [9.17, 15) is 4.79 Å². The average molecular weight is 325 g/mol. The van der Waals surface area contributed by atoms with Crippen molar-refractivity contribution < 1.29 is 4.79 Å².